The van der Waals surface area contributed by atoms with Gasteiger partial charge in [-0.15, -0.1) is 10.2 Å². The lowest BCUT2D eigenvalue weighted by Gasteiger charge is -2.29. The molecule has 0 N–H and O–H groups in total. The Balaban J connectivity index is 1.42. The van der Waals surface area contributed by atoms with Crippen LogP contribution >= 0.6 is 0 Å². The van der Waals surface area contributed by atoms with Gasteiger partial charge in [0, 0.05) is 42.0 Å². The molecule has 1 aliphatic heterocycles. The first-order valence-electron chi connectivity index (χ1n) is 10.3. The van der Waals surface area contributed by atoms with E-state index in [2.05, 4.69) is 42.8 Å². The van der Waals surface area contributed by atoms with Crippen LogP contribution in [0.4, 0.5) is 5.82 Å². The summed E-state index contributed by atoms with van der Waals surface area (Å²) in [6, 6.07) is 22.2. The van der Waals surface area contributed by atoms with Crippen molar-refractivity contribution in [3.63, 3.8) is 0 Å². The summed E-state index contributed by atoms with van der Waals surface area (Å²) in [6.07, 6.45) is 3.53. The van der Waals surface area contributed by atoms with Crippen LogP contribution in [-0.4, -0.2) is 36.3 Å². The Morgan fingerprint density at radius 1 is 0.710 bits per heavy atom. The topological polar surface area (TPSA) is 72.6 Å². The van der Waals surface area contributed by atoms with Gasteiger partial charge >= 0.3 is 0 Å². The Bertz CT molecular complexity index is 1360. The van der Waals surface area contributed by atoms with E-state index in [0.717, 1.165) is 52.6 Å². The van der Waals surface area contributed by atoms with Crippen molar-refractivity contribution in [2.75, 3.05) is 11.4 Å². The second-order valence-corrected chi connectivity index (χ2v) is 7.50. The van der Waals surface area contributed by atoms with E-state index < -0.39 is 0 Å². The number of anilines is 1. The lowest BCUT2D eigenvalue weighted by Crippen LogP contribution is -2.34. The third kappa shape index (κ3) is 3.11. The molecule has 0 amide bonds. The monoisotopic (exact) mass is 405 g/mol. The van der Waals surface area contributed by atoms with Crippen LogP contribution in [0.3, 0.4) is 0 Å². The molecule has 0 fully saturated rings. The van der Waals surface area contributed by atoms with Gasteiger partial charge in [0.05, 0.1) is 12.1 Å². The van der Waals surface area contributed by atoms with Gasteiger partial charge in [0.2, 0.25) is 0 Å². The molecule has 7 heteroatoms. The Kier molecular flexibility index (Phi) is 4.16. The predicted octanol–water partition coefficient (Wildman–Crippen LogP) is 3.97. The van der Waals surface area contributed by atoms with E-state index in [1.807, 2.05) is 48.5 Å². The van der Waals surface area contributed by atoms with Crippen LogP contribution in [0, 0.1) is 0 Å². The lowest BCUT2D eigenvalue weighted by atomic mass is 10.1. The minimum atomic E-state index is 0.649. The fraction of sp³-hybridized carbons (Fsp3) is 0.125. The quantitative estimate of drug-likeness (QED) is 0.452. The molecule has 7 nitrogen and oxygen atoms in total. The van der Waals surface area contributed by atoms with Crippen molar-refractivity contribution in [1.82, 2.24) is 29.7 Å². The molecule has 1 aliphatic rings. The third-order valence-corrected chi connectivity index (χ3v) is 5.61. The van der Waals surface area contributed by atoms with Crippen LogP contribution in [0.25, 0.3) is 33.7 Å². The Morgan fingerprint density at radius 2 is 1.52 bits per heavy atom. The molecule has 0 unspecified atom stereocenters. The van der Waals surface area contributed by atoms with E-state index in [-0.39, 0.29) is 0 Å². The zero-order chi connectivity index (χ0) is 20.6. The normalized spacial score (nSPS) is 13.4. The minimum absolute atomic E-state index is 0.649. The molecule has 6 rings (SSSR count). The predicted molar refractivity (Wildman–Crippen MR) is 119 cm³/mol. The lowest BCUT2D eigenvalue weighted by molar-refractivity contribution is 0.561. The van der Waals surface area contributed by atoms with Gasteiger partial charge in [0.25, 0.3) is 0 Å². The standard InChI is InChI=1S/C24H19N7/c1-2-6-18(7-3-1)23-29-28-21-16-30(14-15-31(21)23)24-19-8-4-5-9-20(19)26-22(27-24)17-10-12-25-13-11-17/h1-13H,14-16H2. The highest BCUT2D eigenvalue weighted by Gasteiger charge is 2.24. The summed E-state index contributed by atoms with van der Waals surface area (Å²) in [5.74, 6) is 3.49. The van der Waals surface area contributed by atoms with E-state index in [4.69, 9.17) is 9.97 Å². The summed E-state index contributed by atoms with van der Waals surface area (Å²) in [5, 5.41) is 10.00. The molecule has 0 radical (unpaired) electrons. The highest BCUT2D eigenvalue weighted by atomic mass is 15.4. The Hall–Kier alpha value is -4.13. The van der Waals surface area contributed by atoms with Crippen LogP contribution in [-0.2, 0) is 13.1 Å². The number of benzene rings is 2. The van der Waals surface area contributed by atoms with E-state index in [1.54, 1.807) is 12.4 Å². The van der Waals surface area contributed by atoms with E-state index in [0.29, 0.717) is 12.4 Å². The van der Waals surface area contributed by atoms with Gasteiger partial charge in [-0.05, 0) is 24.3 Å². The van der Waals surface area contributed by atoms with Crippen molar-refractivity contribution in [1.29, 1.82) is 0 Å². The van der Waals surface area contributed by atoms with Crippen molar-refractivity contribution in [3.05, 3.63) is 84.9 Å². The van der Waals surface area contributed by atoms with Crippen LogP contribution in [0.2, 0.25) is 0 Å². The zero-order valence-electron chi connectivity index (χ0n) is 16.8. The summed E-state index contributed by atoms with van der Waals surface area (Å²) < 4.78 is 2.21. The van der Waals surface area contributed by atoms with Crippen molar-refractivity contribution >= 4 is 16.7 Å². The van der Waals surface area contributed by atoms with Crippen LogP contribution in [0.5, 0.6) is 0 Å². The number of para-hydroxylation sites is 1. The molecule has 5 aromatic rings. The molecule has 0 aliphatic carbocycles. The molecule has 31 heavy (non-hydrogen) atoms. The molecule has 0 bridgehead atoms. The van der Waals surface area contributed by atoms with E-state index in [9.17, 15) is 0 Å². The first kappa shape index (κ1) is 17.7. The van der Waals surface area contributed by atoms with Gasteiger partial charge in [-0.2, -0.15) is 0 Å². The highest BCUT2D eigenvalue weighted by molar-refractivity contribution is 5.91. The van der Waals surface area contributed by atoms with Crippen LogP contribution in [0.15, 0.2) is 79.1 Å². The van der Waals surface area contributed by atoms with E-state index >= 15 is 0 Å². The van der Waals surface area contributed by atoms with Crippen molar-refractivity contribution in [2.45, 2.75) is 13.1 Å². The number of fused-ring (bicyclic) bond motifs is 2. The maximum absolute atomic E-state index is 4.96. The molecule has 0 spiro atoms. The first-order valence-corrected chi connectivity index (χ1v) is 10.3. The van der Waals surface area contributed by atoms with Crippen molar-refractivity contribution < 1.29 is 0 Å². The average Bonchev–Trinajstić information content (AvgIpc) is 3.28. The van der Waals surface area contributed by atoms with Gasteiger partial charge in [-0.25, -0.2) is 9.97 Å². The summed E-state index contributed by atoms with van der Waals surface area (Å²) in [4.78, 5) is 16.1. The van der Waals surface area contributed by atoms with Crippen molar-refractivity contribution in [2.24, 2.45) is 0 Å². The van der Waals surface area contributed by atoms with Gasteiger partial charge in [-0.1, -0.05) is 42.5 Å². The molecule has 0 saturated heterocycles. The third-order valence-electron chi connectivity index (χ3n) is 5.61. The zero-order valence-corrected chi connectivity index (χ0v) is 16.8. The molecular weight excluding hydrogens is 386 g/mol. The fourth-order valence-electron chi connectivity index (χ4n) is 4.07. The van der Waals surface area contributed by atoms with Gasteiger partial charge < -0.3 is 9.47 Å². The van der Waals surface area contributed by atoms with Gasteiger partial charge in [-0.3, -0.25) is 4.98 Å². The molecular formula is C24H19N7. The average molecular weight is 405 g/mol. The summed E-state index contributed by atoms with van der Waals surface area (Å²) in [6.45, 7) is 2.27. The Labute approximate surface area is 179 Å². The molecule has 150 valence electrons. The Morgan fingerprint density at radius 3 is 2.39 bits per heavy atom. The highest BCUT2D eigenvalue weighted by Crippen LogP contribution is 2.30. The maximum Gasteiger partial charge on any atom is 0.164 e. The first-order chi connectivity index (χ1) is 15.4. The molecule has 2 aromatic carbocycles. The fourth-order valence-corrected chi connectivity index (χ4v) is 4.07. The van der Waals surface area contributed by atoms with Crippen LogP contribution in [0.1, 0.15) is 5.82 Å². The SMILES string of the molecule is c1ccc(-c2nnc3n2CCN(c2nc(-c4ccncc4)nc4ccccc24)C3)cc1. The molecule has 0 saturated carbocycles. The number of hydrogen-bond donors (Lipinski definition) is 0. The van der Waals surface area contributed by atoms with Gasteiger partial charge in [0.1, 0.15) is 5.82 Å². The summed E-state index contributed by atoms with van der Waals surface area (Å²) in [7, 11) is 0. The van der Waals surface area contributed by atoms with E-state index in [1.165, 1.54) is 0 Å². The summed E-state index contributed by atoms with van der Waals surface area (Å²) in [5.41, 5.74) is 2.96. The maximum atomic E-state index is 4.96. The smallest absolute Gasteiger partial charge is 0.164 e. The number of hydrogen-bond acceptors (Lipinski definition) is 6. The largest absolute Gasteiger partial charge is 0.347 e. The minimum Gasteiger partial charge on any atom is -0.347 e. The number of nitrogens with zero attached hydrogens (tertiary/aromatic N) is 7. The van der Waals surface area contributed by atoms with Crippen LogP contribution < -0.4 is 4.90 Å². The number of pyridine rings is 1. The second-order valence-electron chi connectivity index (χ2n) is 7.50. The molecule has 3 aromatic heterocycles. The molecule has 4 heterocycles. The second kappa shape index (κ2) is 7.28. The number of aromatic nitrogens is 6. The number of rotatable bonds is 3. The van der Waals surface area contributed by atoms with Crippen molar-refractivity contribution in [3.8, 4) is 22.8 Å². The molecule has 0 atom stereocenters. The summed E-state index contributed by atoms with van der Waals surface area (Å²) >= 11 is 0. The van der Waals surface area contributed by atoms with Gasteiger partial charge in [0.15, 0.2) is 17.5 Å².